The lowest BCUT2D eigenvalue weighted by atomic mass is 10.1. The van der Waals surface area contributed by atoms with Gasteiger partial charge in [0.15, 0.2) is 0 Å². The van der Waals surface area contributed by atoms with E-state index in [1.54, 1.807) is 43.1 Å². The van der Waals surface area contributed by atoms with Gasteiger partial charge in [0.2, 0.25) is 5.01 Å². The van der Waals surface area contributed by atoms with Crippen LogP contribution in [0.25, 0.3) is 0 Å². The average Bonchev–Trinajstić information content (AvgIpc) is 3.22. The molecule has 3 rings (SSSR count). The Labute approximate surface area is 176 Å². The SMILES string of the molecule is COCc1nnc(C(=O)Nc2ccc(C(=O)NCc3ccc(SC)cc3)cc2)s1. The third-order valence-corrected chi connectivity index (χ3v) is 5.59. The van der Waals surface area contributed by atoms with Crippen molar-refractivity contribution in [2.45, 2.75) is 18.0 Å². The molecule has 3 aromatic rings. The van der Waals surface area contributed by atoms with E-state index in [9.17, 15) is 9.59 Å². The maximum Gasteiger partial charge on any atom is 0.286 e. The van der Waals surface area contributed by atoms with Gasteiger partial charge in [-0.15, -0.1) is 22.0 Å². The van der Waals surface area contributed by atoms with Gasteiger partial charge in [-0.05, 0) is 48.2 Å². The van der Waals surface area contributed by atoms with Crippen LogP contribution in [0, 0.1) is 0 Å². The summed E-state index contributed by atoms with van der Waals surface area (Å²) in [4.78, 5) is 25.7. The summed E-state index contributed by atoms with van der Waals surface area (Å²) in [7, 11) is 1.56. The maximum atomic E-state index is 12.3. The van der Waals surface area contributed by atoms with Crippen molar-refractivity contribution in [1.82, 2.24) is 15.5 Å². The van der Waals surface area contributed by atoms with E-state index < -0.39 is 0 Å². The van der Waals surface area contributed by atoms with Crippen LogP contribution in [0.2, 0.25) is 0 Å². The molecule has 29 heavy (non-hydrogen) atoms. The highest BCUT2D eigenvalue weighted by atomic mass is 32.2. The summed E-state index contributed by atoms with van der Waals surface area (Å²) < 4.78 is 4.97. The van der Waals surface area contributed by atoms with Gasteiger partial charge in [-0.2, -0.15) is 0 Å². The number of hydrogen-bond donors (Lipinski definition) is 2. The second kappa shape index (κ2) is 10.1. The van der Waals surface area contributed by atoms with Crippen LogP contribution in [0.5, 0.6) is 0 Å². The lowest BCUT2D eigenvalue weighted by Gasteiger charge is -2.07. The van der Waals surface area contributed by atoms with Crippen molar-refractivity contribution in [3.8, 4) is 0 Å². The molecule has 2 amide bonds. The van der Waals surface area contributed by atoms with Gasteiger partial charge in [-0.25, -0.2) is 0 Å². The zero-order chi connectivity index (χ0) is 20.6. The van der Waals surface area contributed by atoms with Crippen molar-refractivity contribution in [3.05, 3.63) is 69.7 Å². The third-order valence-electron chi connectivity index (χ3n) is 3.95. The molecule has 0 unspecified atom stereocenters. The average molecular weight is 429 g/mol. The van der Waals surface area contributed by atoms with Crippen molar-refractivity contribution in [1.29, 1.82) is 0 Å². The van der Waals surface area contributed by atoms with Crippen LogP contribution < -0.4 is 10.6 Å². The number of aromatic nitrogens is 2. The number of carbonyl (C=O) groups excluding carboxylic acids is 2. The topological polar surface area (TPSA) is 93.2 Å². The van der Waals surface area contributed by atoms with E-state index in [4.69, 9.17) is 4.74 Å². The summed E-state index contributed by atoms with van der Waals surface area (Å²) in [5.41, 5.74) is 2.12. The first-order valence-corrected chi connectivity index (χ1v) is 10.8. The summed E-state index contributed by atoms with van der Waals surface area (Å²) in [6.07, 6.45) is 2.02. The van der Waals surface area contributed by atoms with Crippen molar-refractivity contribution in [2.75, 3.05) is 18.7 Å². The number of benzene rings is 2. The molecule has 0 spiro atoms. The van der Waals surface area contributed by atoms with Crippen molar-refractivity contribution in [2.24, 2.45) is 0 Å². The quantitative estimate of drug-likeness (QED) is 0.533. The molecule has 9 heteroatoms. The zero-order valence-corrected chi connectivity index (χ0v) is 17.6. The molecule has 2 aromatic carbocycles. The molecule has 2 N–H and O–H groups in total. The molecule has 1 heterocycles. The minimum atomic E-state index is -0.351. The maximum absolute atomic E-state index is 12.3. The minimum Gasteiger partial charge on any atom is -0.377 e. The summed E-state index contributed by atoms with van der Waals surface area (Å²) in [5.74, 6) is -0.527. The number of amides is 2. The number of rotatable bonds is 8. The van der Waals surface area contributed by atoms with Gasteiger partial charge in [0.05, 0.1) is 6.61 Å². The number of nitrogens with zero attached hydrogens (tertiary/aromatic N) is 2. The Kier molecular flexibility index (Phi) is 7.34. The number of thioether (sulfide) groups is 1. The first-order valence-electron chi connectivity index (χ1n) is 8.73. The van der Waals surface area contributed by atoms with Crippen LogP contribution in [0.4, 0.5) is 5.69 Å². The highest BCUT2D eigenvalue weighted by molar-refractivity contribution is 7.98. The van der Waals surface area contributed by atoms with Crippen LogP contribution in [-0.2, 0) is 17.9 Å². The second-order valence-corrected chi connectivity index (χ2v) is 7.94. The van der Waals surface area contributed by atoms with Crippen LogP contribution >= 0.6 is 23.1 Å². The Morgan fingerprint density at radius 3 is 2.41 bits per heavy atom. The van der Waals surface area contributed by atoms with Gasteiger partial charge in [0.25, 0.3) is 11.8 Å². The van der Waals surface area contributed by atoms with Gasteiger partial charge in [-0.3, -0.25) is 9.59 Å². The molecule has 0 saturated carbocycles. The van der Waals surface area contributed by atoms with E-state index >= 15 is 0 Å². The first kappa shape index (κ1) is 21.0. The van der Waals surface area contributed by atoms with Gasteiger partial charge in [0, 0.05) is 29.8 Å². The fourth-order valence-corrected chi connectivity index (χ4v) is 3.56. The molecule has 0 bridgehead atoms. The summed E-state index contributed by atoms with van der Waals surface area (Å²) in [5, 5.41) is 14.3. The molecule has 0 aliphatic carbocycles. The number of hydrogen-bond acceptors (Lipinski definition) is 7. The highest BCUT2D eigenvalue weighted by Crippen LogP contribution is 2.16. The van der Waals surface area contributed by atoms with E-state index in [-0.39, 0.29) is 16.8 Å². The molecule has 0 fully saturated rings. The molecule has 0 saturated heterocycles. The Bertz CT molecular complexity index is 972. The first-order chi connectivity index (χ1) is 14.1. The summed E-state index contributed by atoms with van der Waals surface area (Å²) in [6, 6.07) is 14.7. The van der Waals surface area contributed by atoms with Gasteiger partial charge in [0.1, 0.15) is 5.01 Å². The van der Waals surface area contributed by atoms with Crippen LogP contribution in [-0.4, -0.2) is 35.4 Å². The highest BCUT2D eigenvalue weighted by Gasteiger charge is 2.13. The van der Waals surface area contributed by atoms with E-state index in [0.29, 0.717) is 29.4 Å². The Hall–Kier alpha value is -2.75. The van der Waals surface area contributed by atoms with E-state index in [1.807, 2.05) is 30.5 Å². The fraction of sp³-hybridized carbons (Fsp3) is 0.200. The number of carbonyl (C=O) groups is 2. The van der Waals surface area contributed by atoms with Crippen LogP contribution in [0.1, 0.15) is 30.7 Å². The van der Waals surface area contributed by atoms with Gasteiger partial charge < -0.3 is 15.4 Å². The lowest BCUT2D eigenvalue weighted by Crippen LogP contribution is -2.22. The van der Waals surface area contributed by atoms with E-state index in [0.717, 1.165) is 5.56 Å². The smallest absolute Gasteiger partial charge is 0.286 e. The van der Waals surface area contributed by atoms with Gasteiger partial charge >= 0.3 is 0 Å². The molecule has 0 aliphatic heterocycles. The van der Waals surface area contributed by atoms with Crippen LogP contribution in [0.3, 0.4) is 0 Å². The summed E-state index contributed by atoms with van der Waals surface area (Å²) >= 11 is 2.85. The molecule has 1 aromatic heterocycles. The van der Waals surface area contributed by atoms with E-state index in [1.165, 1.54) is 16.2 Å². The Morgan fingerprint density at radius 2 is 1.76 bits per heavy atom. The van der Waals surface area contributed by atoms with Crippen molar-refractivity contribution < 1.29 is 14.3 Å². The fourth-order valence-electron chi connectivity index (χ4n) is 2.44. The number of ether oxygens (including phenoxy) is 1. The third kappa shape index (κ3) is 5.86. The monoisotopic (exact) mass is 428 g/mol. The van der Waals surface area contributed by atoms with Gasteiger partial charge in [-0.1, -0.05) is 23.5 Å². The molecule has 7 nitrogen and oxygen atoms in total. The second-order valence-electron chi connectivity index (χ2n) is 6.00. The standard InChI is InChI=1S/C20H20N4O3S2/c1-27-12-17-23-24-20(29-17)19(26)22-15-7-5-14(6-8-15)18(25)21-11-13-3-9-16(28-2)10-4-13/h3-10H,11-12H2,1-2H3,(H,21,25)(H,22,26). The minimum absolute atomic E-state index is 0.176. The molecule has 0 radical (unpaired) electrons. The predicted octanol–water partition coefficient (Wildman–Crippen LogP) is 3.59. The zero-order valence-electron chi connectivity index (χ0n) is 16.0. The van der Waals surface area contributed by atoms with Crippen LogP contribution in [0.15, 0.2) is 53.4 Å². The number of anilines is 1. The molecular weight excluding hydrogens is 408 g/mol. The largest absolute Gasteiger partial charge is 0.377 e. The molecule has 0 aliphatic rings. The number of methoxy groups -OCH3 is 1. The van der Waals surface area contributed by atoms with E-state index in [2.05, 4.69) is 20.8 Å². The normalized spacial score (nSPS) is 10.6. The summed E-state index contributed by atoms with van der Waals surface area (Å²) in [6.45, 7) is 0.767. The van der Waals surface area contributed by atoms with Crippen molar-refractivity contribution >= 4 is 40.6 Å². The molecular formula is C20H20N4O3S2. The molecule has 0 atom stereocenters. The Morgan fingerprint density at radius 1 is 1.03 bits per heavy atom. The lowest BCUT2D eigenvalue weighted by molar-refractivity contribution is 0.0950. The Balaban J connectivity index is 1.54. The van der Waals surface area contributed by atoms with Crippen molar-refractivity contribution in [3.63, 3.8) is 0 Å². The predicted molar refractivity (Wildman–Crippen MR) is 114 cm³/mol. The number of nitrogens with one attached hydrogen (secondary N) is 2. The molecule has 150 valence electrons.